The van der Waals surface area contributed by atoms with E-state index in [0.717, 1.165) is 43.1 Å². The number of hydrogen-bond donors (Lipinski definition) is 2. The Morgan fingerprint density at radius 3 is 2.62 bits per heavy atom. The number of nitrogens with one attached hydrogen (secondary N) is 2. The lowest BCUT2D eigenvalue weighted by molar-refractivity contribution is 0.347. The summed E-state index contributed by atoms with van der Waals surface area (Å²) in [5.41, 5.74) is 0. The monoisotopic (exact) mass is 400 g/mol. The topological polar surface area (TPSA) is 73.8 Å². The van der Waals surface area contributed by atoms with Gasteiger partial charge in [0.25, 0.3) is 10.0 Å². The molecule has 26 heavy (non-hydrogen) atoms. The standard InChI is InChI=1S/C18H32N4O2S2/c1-3-4-5-7-12-20-18(19-2)21-15-16-10-11-17(25-16)26(23,24)22-13-8-6-9-14-22/h10-11H,3-9,12-15H2,1-2H3,(H2,19,20,21). The van der Waals surface area contributed by atoms with Crippen LogP contribution in [0, 0.1) is 0 Å². The van der Waals surface area contributed by atoms with Crippen LogP contribution in [0.5, 0.6) is 0 Å². The van der Waals surface area contributed by atoms with E-state index in [-0.39, 0.29) is 0 Å². The van der Waals surface area contributed by atoms with Gasteiger partial charge in [-0.05, 0) is 31.4 Å². The molecule has 0 bridgehead atoms. The molecule has 0 saturated carbocycles. The van der Waals surface area contributed by atoms with E-state index in [2.05, 4.69) is 22.5 Å². The first-order chi connectivity index (χ1) is 12.6. The van der Waals surface area contributed by atoms with Crippen molar-refractivity contribution < 1.29 is 8.42 Å². The van der Waals surface area contributed by atoms with Crippen LogP contribution < -0.4 is 10.6 Å². The van der Waals surface area contributed by atoms with Crippen LogP contribution in [0.4, 0.5) is 0 Å². The highest BCUT2D eigenvalue weighted by atomic mass is 32.2. The molecule has 6 nitrogen and oxygen atoms in total. The molecule has 1 aliphatic rings. The van der Waals surface area contributed by atoms with E-state index in [1.807, 2.05) is 6.07 Å². The van der Waals surface area contributed by atoms with Crippen molar-refractivity contribution >= 4 is 27.3 Å². The minimum Gasteiger partial charge on any atom is -0.356 e. The number of guanidine groups is 1. The molecule has 0 atom stereocenters. The van der Waals surface area contributed by atoms with Crippen molar-refractivity contribution in [2.75, 3.05) is 26.7 Å². The molecule has 0 unspecified atom stereocenters. The maximum absolute atomic E-state index is 12.7. The van der Waals surface area contributed by atoms with Crippen LogP contribution >= 0.6 is 11.3 Å². The fraction of sp³-hybridized carbons (Fsp3) is 0.722. The van der Waals surface area contributed by atoms with E-state index in [9.17, 15) is 8.42 Å². The SMILES string of the molecule is CCCCCCNC(=NC)NCc1ccc(S(=O)(=O)N2CCCCC2)s1. The van der Waals surface area contributed by atoms with Gasteiger partial charge in [0.05, 0.1) is 6.54 Å². The normalized spacial score (nSPS) is 16.6. The third-order valence-electron chi connectivity index (χ3n) is 4.52. The second-order valence-electron chi connectivity index (χ2n) is 6.60. The van der Waals surface area contributed by atoms with E-state index in [0.29, 0.717) is 23.8 Å². The maximum Gasteiger partial charge on any atom is 0.252 e. The maximum atomic E-state index is 12.7. The average Bonchev–Trinajstić information content (AvgIpc) is 3.14. The molecule has 8 heteroatoms. The molecule has 2 heterocycles. The summed E-state index contributed by atoms with van der Waals surface area (Å²) in [6.45, 7) is 4.97. The summed E-state index contributed by atoms with van der Waals surface area (Å²) in [4.78, 5) is 5.22. The molecule has 0 radical (unpaired) electrons. The lowest BCUT2D eigenvalue weighted by atomic mass is 10.2. The van der Waals surface area contributed by atoms with Gasteiger partial charge in [0, 0.05) is 31.6 Å². The molecule has 1 fully saturated rings. The molecule has 148 valence electrons. The molecule has 1 saturated heterocycles. The number of nitrogens with zero attached hydrogens (tertiary/aromatic N) is 2. The zero-order chi connectivity index (χ0) is 18.8. The van der Waals surface area contributed by atoms with Crippen LogP contribution in [0.2, 0.25) is 0 Å². The Kier molecular flexibility index (Phi) is 8.87. The second-order valence-corrected chi connectivity index (χ2v) is 9.93. The predicted molar refractivity (Wildman–Crippen MR) is 109 cm³/mol. The Balaban J connectivity index is 1.83. The lowest BCUT2D eigenvalue weighted by Gasteiger charge is -2.25. The summed E-state index contributed by atoms with van der Waals surface area (Å²) in [5, 5.41) is 6.57. The molecule has 0 amide bonds. The zero-order valence-corrected chi connectivity index (χ0v) is 17.6. The first-order valence-electron chi connectivity index (χ1n) is 9.61. The molecule has 0 aromatic carbocycles. The highest BCUT2D eigenvalue weighted by Crippen LogP contribution is 2.26. The zero-order valence-electron chi connectivity index (χ0n) is 16.0. The molecule has 0 aliphatic carbocycles. The Labute approximate surface area is 162 Å². The largest absolute Gasteiger partial charge is 0.356 e. The smallest absolute Gasteiger partial charge is 0.252 e. The van der Waals surface area contributed by atoms with Gasteiger partial charge >= 0.3 is 0 Å². The Hall–Kier alpha value is -1.12. The third kappa shape index (κ3) is 6.25. The Bertz CT molecular complexity index is 664. The van der Waals surface area contributed by atoms with Crippen molar-refractivity contribution in [2.45, 2.75) is 62.6 Å². The molecule has 1 aromatic heterocycles. The van der Waals surface area contributed by atoms with Crippen molar-refractivity contribution in [3.8, 4) is 0 Å². The van der Waals surface area contributed by atoms with Gasteiger partial charge < -0.3 is 10.6 Å². The van der Waals surface area contributed by atoms with Crippen molar-refractivity contribution in [3.05, 3.63) is 17.0 Å². The number of hydrogen-bond acceptors (Lipinski definition) is 4. The summed E-state index contributed by atoms with van der Waals surface area (Å²) in [7, 11) is -1.58. The predicted octanol–water partition coefficient (Wildman–Crippen LogP) is 3.17. The second kappa shape index (κ2) is 10.9. The van der Waals surface area contributed by atoms with E-state index in [4.69, 9.17) is 0 Å². The molecular formula is C18H32N4O2S2. The fourth-order valence-electron chi connectivity index (χ4n) is 2.97. The van der Waals surface area contributed by atoms with Gasteiger partial charge in [-0.25, -0.2) is 8.42 Å². The van der Waals surface area contributed by atoms with E-state index < -0.39 is 10.0 Å². The number of rotatable bonds is 9. The van der Waals surface area contributed by atoms with Gasteiger partial charge in [0.2, 0.25) is 0 Å². The van der Waals surface area contributed by atoms with Gasteiger partial charge in [-0.2, -0.15) is 4.31 Å². The molecule has 2 rings (SSSR count). The summed E-state index contributed by atoms with van der Waals surface area (Å²) in [5.74, 6) is 0.760. The van der Waals surface area contributed by atoms with Crippen LogP contribution in [-0.2, 0) is 16.6 Å². The van der Waals surface area contributed by atoms with Crippen LogP contribution in [0.25, 0.3) is 0 Å². The first kappa shape index (κ1) is 21.2. The number of piperidine rings is 1. The Morgan fingerprint density at radius 2 is 1.92 bits per heavy atom. The van der Waals surface area contributed by atoms with Gasteiger partial charge in [-0.3, -0.25) is 4.99 Å². The molecule has 1 aromatic rings. The minimum absolute atomic E-state index is 0.443. The quantitative estimate of drug-likeness (QED) is 0.379. The van der Waals surface area contributed by atoms with E-state index in [1.165, 1.54) is 30.6 Å². The highest BCUT2D eigenvalue weighted by molar-refractivity contribution is 7.91. The summed E-state index contributed by atoms with van der Waals surface area (Å²) in [6, 6.07) is 3.62. The number of thiophene rings is 1. The third-order valence-corrected chi connectivity index (χ3v) is 7.97. The first-order valence-corrected chi connectivity index (χ1v) is 11.9. The number of aliphatic imine (C=N–C) groups is 1. The van der Waals surface area contributed by atoms with Gasteiger partial charge in [0.1, 0.15) is 4.21 Å². The molecule has 1 aliphatic heterocycles. The number of sulfonamides is 1. The van der Waals surface area contributed by atoms with Crippen LogP contribution in [0.1, 0.15) is 56.7 Å². The molecular weight excluding hydrogens is 368 g/mol. The van der Waals surface area contributed by atoms with Crippen LogP contribution in [0.15, 0.2) is 21.3 Å². The average molecular weight is 401 g/mol. The lowest BCUT2D eigenvalue weighted by Crippen LogP contribution is -2.37. The minimum atomic E-state index is -3.33. The summed E-state index contributed by atoms with van der Waals surface area (Å²) in [6.07, 6.45) is 7.88. The van der Waals surface area contributed by atoms with Crippen molar-refractivity contribution in [1.82, 2.24) is 14.9 Å². The highest BCUT2D eigenvalue weighted by Gasteiger charge is 2.27. The van der Waals surface area contributed by atoms with Gasteiger partial charge in [0.15, 0.2) is 5.96 Å². The number of unbranched alkanes of at least 4 members (excludes halogenated alkanes) is 3. The Morgan fingerprint density at radius 1 is 1.15 bits per heavy atom. The van der Waals surface area contributed by atoms with E-state index in [1.54, 1.807) is 17.4 Å². The van der Waals surface area contributed by atoms with Crippen LogP contribution in [-0.4, -0.2) is 45.4 Å². The molecule has 0 spiro atoms. The molecule has 2 N–H and O–H groups in total. The van der Waals surface area contributed by atoms with Gasteiger partial charge in [-0.1, -0.05) is 32.6 Å². The van der Waals surface area contributed by atoms with Crippen molar-refractivity contribution in [1.29, 1.82) is 0 Å². The van der Waals surface area contributed by atoms with E-state index >= 15 is 0 Å². The van der Waals surface area contributed by atoms with Crippen molar-refractivity contribution in [3.63, 3.8) is 0 Å². The summed E-state index contributed by atoms with van der Waals surface area (Å²) >= 11 is 1.35. The summed E-state index contributed by atoms with van der Waals surface area (Å²) < 4.78 is 27.5. The van der Waals surface area contributed by atoms with Crippen LogP contribution in [0.3, 0.4) is 0 Å². The fourth-order valence-corrected chi connectivity index (χ4v) is 5.94. The van der Waals surface area contributed by atoms with Crippen molar-refractivity contribution in [2.24, 2.45) is 4.99 Å². The van der Waals surface area contributed by atoms with Gasteiger partial charge in [-0.15, -0.1) is 11.3 Å².